The molecule has 0 saturated heterocycles. The van der Waals surface area contributed by atoms with Crippen LogP contribution in [-0.4, -0.2) is 22.5 Å². The zero-order valence-electron chi connectivity index (χ0n) is 11.5. The molecule has 1 amide bonds. The smallest absolute Gasteiger partial charge is 0.280 e. The summed E-state index contributed by atoms with van der Waals surface area (Å²) in [5, 5.41) is 9.79. The van der Waals surface area contributed by atoms with Gasteiger partial charge in [0, 0.05) is 18.4 Å². The number of nitrogens with zero attached hydrogens (tertiary/aromatic N) is 2. The second kappa shape index (κ2) is 6.70. The van der Waals surface area contributed by atoms with E-state index in [4.69, 9.17) is 0 Å². The number of para-hydroxylation sites is 1. The molecule has 0 saturated carbocycles. The maximum absolute atomic E-state index is 12.6. The first-order valence-corrected chi connectivity index (χ1v) is 6.75. The largest absolute Gasteiger partial charge is 0.505 e. The van der Waals surface area contributed by atoms with E-state index in [1.54, 1.807) is 11.0 Å². The number of benzene rings is 1. The Bertz CT molecular complexity index is 570. The number of aromatic hydroxyl groups is 1. The van der Waals surface area contributed by atoms with Gasteiger partial charge in [0.25, 0.3) is 5.91 Å². The van der Waals surface area contributed by atoms with Crippen molar-refractivity contribution in [3.05, 3.63) is 54.4 Å². The first kappa shape index (κ1) is 14.1. The molecule has 0 radical (unpaired) electrons. The summed E-state index contributed by atoms with van der Waals surface area (Å²) in [4.78, 5) is 18.2. The summed E-state index contributed by atoms with van der Waals surface area (Å²) in [6.45, 7) is 2.68. The minimum absolute atomic E-state index is 0.0880. The fourth-order valence-electron chi connectivity index (χ4n) is 1.96. The van der Waals surface area contributed by atoms with Crippen molar-refractivity contribution in [1.82, 2.24) is 4.98 Å². The molecule has 0 atom stereocenters. The van der Waals surface area contributed by atoms with Gasteiger partial charge in [-0.1, -0.05) is 31.5 Å². The molecule has 1 aromatic heterocycles. The number of carbonyl (C=O) groups excluding carboxylic acids is 1. The molecule has 1 N–H and O–H groups in total. The zero-order valence-corrected chi connectivity index (χ0v) is 11.5. The topological polar surface area (TPSA) is 53.4 Å². The van der Waals surface area contributed by atoms with Crippen LogP contribution >= 0.6 is 0 Å². The second-order valence-electron chi connectivity index (χ2n) is 4.52. The summed E-state index contributed by atoms with van der Waals surface area (Å²) in [7, 11) is 0. The minimum Gasteiger partial charge on any atom is -0.505 e. The standard InChI is InChI=1S/C16H18N2O2/c1-2-3-12-18(13-8-5-4-6-9-13)16(20)15-14(19)10-7-11-17-15/h4-11,19H,2-3,12H2,1H3. The molecule has 4 heteroatoms. The molecule has 0 fully saturated rings. The minimum atomic E-state index is -0.275. The highest BCUT2D eigenvalue weighted by Gasteiger charge is 2.21. The first-order chi connectivity index (χ1) is 9.74. The molecule has 1 aromatic carbocycles. The average Bonchev–Trinajstić information content (AvgIpc) is 2.49. The summed E-state index contributed by atoms with van der Waals surface area (Å²) in [5.74, 6) is -0.363. The lowest BCUT2D eigenvalue weighted by Crippen LogP contribution is -2.32. The fraction of sp³-hybridized carbons (Fsp3) is 0.250. The van der Waals surface area contributed by atoms with Gasteiger partial charge in [0.1, 0.15) is 5.75 Å². The van der Waals surface area contributed by atoms with Crippen LogP contribution in [0.5, 0.6) is 5.75 Å². The molecule has 0 aliphatic rings. The van der Waals surface area contributed by atoms with Crippen molar-refractivity contribution in [1.29, 1.82) is 0 Å². The first-order valence-electron chi connectivity index (χ1n) is 6.75. The van der Waals surface area contributed by atoms with Gasteiger partial charge in [-0.15, -0.1) is 0 Å². The van der Waals surface area contributed by atoms with Crippen LogP contribution in [0.4, 0.5) is 5.69 Å². The Balaban J connectivity index is 2.32. The Morgan fingerprint density at radius 3 is 2.60 bits per heavy atom. The van der Waals surface area contributed by atoms with E-state index in [1.165, 1.54) is 12.3 Å². The van der Waals surface area contributed by atoms with Crippen molar-refractivity contribution < 1.29 is 9.90 Å². The average molecular weight is 270 g/mol. The lowest BCUT2D eigenvalue weighted by Gasteiger charge is -2.22. The number of hydrogen-bond acceptors (Lipinski definition) is 3. The van der Waals surface area contributed by atoms with E-state index in [-0.39, 0.29) is 17.4 Å². The fourth-order valence-corrected chi connectivity index (χ4v) is 1.96. The maximum Gasteiger partial charge on any atom is 0.280 e. The van der Waals surface area contributed by atoms with Crippen LogP contribution in [-0.2, 0) is 0 Å². The van der Waals surface area contributed by atoms with Crippen LogP contribution in [0.25, 0.3) is 0 Å². The maximum atomic E-state index is 12.6. The molecule has 4 nitrogen and oxygen atoms in total. The van der Waals surface area contributed by atoms with Crippen molar-refractivity contribution >= 4 is 11.6 Å². The van der Waals surface area contributed by atoms with Crippen LogP contribution in [0.2, 0.25) is 0 Å². The number of rotatable bonds is 5. The van der Waals surface area contributed by atoms with Crippen molar-refractivity contribution in [2.75, 3.05) is 11.4 Å². The molecule has 0 bridgehead atoms. The Morgan fingerprint density at radius 2 is 1.95 bits per heavy atom. The summed E-state index contributed by atoms with van der Waals surface area (Å²) in [5.41, 5.74) is 0.906. The van der Waals surface area contributed by atoms with Crippen LogP contribution in [0.3, 0.4) is 0 Å². The lowest BCUT2D eigenvalue weighted by atomic mass is 10.2. The Hall–Kier alpha value is -2.36. The third kappa shape index (κ3) is 3.15. The predicted octanol–water partition coefficient (Wildman–Crippen LogP) is 3.23. The normalized spacial score (nSPS) is 10.2. The highest BCUT2D eigenvalue weighted by Crippen LogP contribution is 2.21. The number of carbonyl (C=O) groups is 1. The number of aromatic nitrogens is 1. The van der Waals surface area contributed by atoms with E-state index in [1.807, 2.05) is 30.3 Å². The molecule has 2 aromatic rings. The molecule has 0 unspecified atom stereocenters. The Labute approximate surface area is 118 Å². The van der Waals surface area contributed by atoms with Gasteiger partial charge >= 0.3 is 0 Å². The second-order valence-corrected chi connectivity index (χ2v) is 4.52. The molecule has 20 heavy (non-hydrogen) atoms. The van der Waals surface area contributed by atoms with Crippen LogP contribution < -0.4 is 4.90 Å². The van der Waals surface area contributed by atoms with E-state index in [2.05, 4.69) is 11.9 Å². The van der Waals surface area contributed by atoms with Crippen molar-refractivity contribution in [2.24, 2.45) is 0 Å². The highest BCUT2D eigenvalue weighted by molar-refractivity contribution is 6.06. The summed E-state index contributed by atoms with van der Waals surface area (Å²) >= 11 is 0. The number of unbranched alkanes of at least 4 members (excludes halogenated alkanes) is 1. The van der Waals surface area contributed by atoms with Gasteiger partial charge in [-0.05, 0) is 30.7 Å². The van der Waals surface area contributed by atoms with E-state index in [0.29, 0.717) is 6.54 Å². The van der Waals surface area contributed by atoms with E-state index in [0.717, 1.165) is 18.5 Å². The van der Waals surface area contributed by atoms with Crippen LogP contribution in [0, 0.1) is 0 Å². The van der Waals surface area contributed by atoms with Crippen LogP contribution in [0.15, 0.2) is 48.7 Å². The summed E-state index contributed by atoms with van der Waals surface area (Å²) in [6, 6.07) is 12.5. The lowest BCUT2D eigenvalue weighted by molar-refractivity contribution is 0.0979. The molecule has 0 aliphatic heterocycles. The number of amides is 1. The molecule has 104 valence electrons. The number of hydrogen-bond donors (Lipinski definition) is 1. The van der Waals surface area contributed by atoms with Crippen molar-refractivity contribution in [3.63, 3.8) is 0 Å². The summed E-state index contributed by atoms with van der Waals surface area (Å²) < 4.78 is 0. The monoisotopic (exact) mass is 270 g/mol. The van der Waals surface area contributed by atoms with Gasteiger partial charge in [-0.3, -0.25) is 4.79 Å². The summed E-state index contributed by atoms with van der Waals surface area (Å²) in [6.07, 6.45) is 3.40. The van der Waals surface area contributed by atoms with E-state index < -0.39 is 0 Å². The third-order valence-corrected chi connectivity index (χ3v) is 3.04. The third-order valence-electron chi connectivity index (χ3n) is 3.04. The number of pyridine rings is 1. The molecular formula is C16H18N2O2. The molecule has 0 spiro atoms. The molecule has 1 heterocycles. The van der Waals surface area contributed by atoms with Gasteiger partial charge in [-0.25, -0.2) is 4.98 Å². The number of anilines is 1. The van der Waals surface area contributed by atoms with Gasteiger partial charge in [0.15, 0.2) is 5.69 Å². The van der Waals surface area contributed by atoms with Gasteiger partial charge in [0.2, 0.25) is 0 Å². The van der Waals surface area contributed by atoms with Gasteiger partial charge < -0.3 is 10.0 Å². The Kier molecular flexibility index (Phi) is 4.71. The van der Waals surface area contributed by atoms with Gasteiger partial charge in [-0.2, -0.15) is 0 Å². The zero-order chi connectivity index (χ0) is 14.4. The molecule has 2 rings (SSSR count). The quantitative estimate of drug-likeness (QED) is 0.907. The molecular weight excluding hydrogens is 252 g/mol. The molecule has 0 aliphatic carbocycles. The predicted molar refractivity (Wildman–Crippen MR) is 78.9 cm³/mol. The van der Waals surface area contributed by atoms with Crippen LogP contribution in [0.1, 0.15) is 30.3 Å². The Morgan fingerprint density at radius 1 is 1.20 bits per heavy atom. The van der Waals surface area contributed by atoms with Gasteiger partial charge in [0.05, 0.1) is 0 Å². The van der Waals surface area contributed by atoms with E-state index >= 15 is 0 Å². The SMILES string of the molecule is CCCCN(C(=O)c1ncccc1O)c1ccccc1. The highest BCUT2D eigenvalue weighted by atomic mass is 16.3. The van der Waals surface area contributed by atoms with Crippen molar-refractivity contribution in [2.45, 2.75) is 19.8 Å². The van der Waals surface area contributed by atoms with E-state index in [9.17, 15) is 9.90 Å². The van der Waals surface area contributed by atoms with Crippen molar-refractivity contribution in [3.8, 4) is 5.75 Å².